The van der Waals surface area contributed by atoms with Crippen LogP contribution < -0.4 is 5.73 Å². The Morgan fingerprint density at radius 2 is 1.86 bits per heavy atom. The number of nitriles is 2. The molecule has 29 heavy (non-hydrogen) atoms. The summed E-state index contributed by atoms with van der Waals surface area (Å²) in [7, 11) is 0. The van der Waals surface area contributed by atoms with E-state index in [2.05, 4.69) is 29.4 Å². The van der Waals surface area contributed by atoms with Crippen molar-refractivity contribution in [2.75, 3.05) is 5.73 Å². The van der Waals surface area contributed by atoms with E-state index in [1.807, 2.05) is 36.5 Å². The van der Waals surface area contributed by atoms with E-state index in [9.17, 15) is 10.5 Å². The predicted octanol–water partition coefficient (Wildman–Crippen LogP) is 4.44. The van der Waals surface area contributed by atoms with Gasteiger partial charge in [-0.05, 0) is 30.0 Å². The van der Waals surface area contributed by atoms with Crippen molar-refractivity contribution in [1.29, 1.82) is 10.5 Å². The van der Waals surface area contributed by atoms with Gasteiger partial charge in [-0.2, -0.15) is 10.5 Å². The van der Waals surface area contributed by atoms with Crippen LogP contribution in [0.1, 0.15) is 54.9 Å². The number of hydrogen-bond donors (Lipinski definition) is 1. The highest BCUT2D eigenvalue weighted by Gasteiger charge is 2.20. The standard InChI is InChI=1S/C23H24N6/c1-2-3-4-8-11-18-12-19(13-24)23(26)20(14-25)22(18)21-16-29(28-27-21)15-17-9-6-5-7-10-17/h5-7,9-10,12,16H,2-4,8,11,15,26H2,1H3. The van der Waals surface area contributed by atoms with Crippen molar-refractivity contribution in [3.8, 4) is 23.4 Å². The first-order valence-corrected chi connectivity index (χ1v) is 9.87. The lowest BCUT2D eigenvalue weighted by atomic mass is 9.91. The van der Waals surface area contributed by atoms with Crippen molar-refractivity contribution < 1.29 is 0 Å². The van der Waals surface area contributed by atoms with E-state index in [-0.39, 0.29) is 5.69 Å². The van der Waals surface area contributed by atoms with Gasteiger partial charge in [0.2, 0.25) is 0 Å². The average Bonchev–Trinajstić information content (AvgIpc) is 3.20. The van der Waals surface area contributed by atoms with Crippen LogP contribution in [0.25, 0.3) is 11.3 Å². The minimum Gasteiger partial charge on any atom is -0.397 e. The van der Waals surface area contributed by atoms with Gasteiger partial charge >= 0.3 is 0 Å². The molecule has 0 aliphatic carbocycles. The minimum absolute atomic E-state index is 0.208. The van der Waals surface area contributed by atoms with Gasteiger partial charge in [-0.25, -0.2) is 4.68 Å². The fourth-order valence-corrected chi connectivity index (χ4v) is 3.46. The van der Waals surface area contributed by atoms with Crippen molar-refractivity contribution in [1.82, 2.24) is 15.0 Å². The Labute approximate surface area is 171 Å². The first kappa shape index (κ1) is 20.1. The second-order valence-corrected chi connectivity index (χ2v) is 7.07. The number of aryl methyl sites for hydroxylation is 1. The van der Waals surface area contributed by atoms with Crippen LogP contribution in [-0.4, -0.2) is 15.0 Å². The third kappa shape index (κ3) is 4.62. The van der Waals surface area contributed by atoms with Crippen molar-refractivity contribution >= 4 is 5.69 Å². The van der Waals surface area contributed by atoms with Gasteiger partial charge in [-0.1, -0.05) is 61.7 Å². The van der Waals surface area contributed by atoms with E-state index in [1.165, 1.54) is 0 Å². The van der Waals surface area contributed by atoms with Crippen LogP contribution in [0.3, 0.4) is 0 Å². The van der Waals surface area contributed by atoms with Crippen LogP contribution in [0.15, 0.2) is 42.6 Å². The van der Waals surface area contributed by atoms with Crippen LogP contribution in [0.2, 0.25) is 0 Å². The maximum Gasteiger partial charge on any atom is 0.114 e. The third-order valence-electron chi connectivity index (χ3n) is 4.96. The fourth-order valence-electron chi connectivity index (χ4n) is 3.46. The molecular weight excluding hydrogens is 360 g/mol. The lowest BCUT2D eigenvalue weighted by Crippen LogP contribution is -2.03. The molecule has 0 aliphatic heterocycles. The van der Waals surface area contributed by atoms with Gasteiger partial charge in [0, 0.05) is 5.56 Å². The molecular formula is C23H24N6. The van der Waals surface area contributed by atoms with E-state index in [0.717, 1.165) is 43.2 Å². The lowest BCUT2D eigenvalue weighted by molar-refractivity contribution is 0.650. The molecule has 0 radical (unpaired) electrons. The van der Waals surface area contributed by atoms with E-state index >= 15 is 0 Å². The predicted molar refractivity (Wildman–Crippen MR) is 113 cm³/mol. The highest BCUT2D eigenvalue weighted by Crippen LogP contribution is 2.33. The summed E-state index contributed by atoms with van der Waals surface area (Å²) in [5.74, 6) is 0. The van der Waals surface area contributed by atoms with Gasteiger partial charge in [0.1, 0.15) is 17.8 Å². The van der Waals surface area contributed by atoms with Gasteiger partial charge in [0.15, 0.2) is 0 Å². The third-order valence-corrected chi connectivity index (χ3v) is 4.96. The monoisotopic (exact) mass is 384 g/mol. The Morgan fingerprint density at radius 3 is 2.55 bits per heavy atom. The van der Waals surface area contributed by atoms with Crippen molar-refractivity contribution in [3.05, 3.63) is 64.8 Å². The number of nitrogen functional groups attached to an aromatic ring is 1. The summed E-state index contributed by atoms with van der Waals surface area (Å²) in [4.78, 5) is 0. The molecule has 2 N–H and O–H groups in total. The molecule has 0 unspecified atom stereocenters. The molecule has 6 heteroatoms. The molecule has 3 rings (SSSR count). The number of nitrogens with two attached hydrogens (primary N) is 1. The first-order chi connectivity index (χ1) is 14.2. The topological polar surface area (TPSA) is 104 Å². The zero-order chi connectivity index (χ0) is 20.6. The average molecular weight is 384 g/mol. The molecule has 0 amide bonds. The second kappa shape index (κ2) is 9.52. The first-order valence-electron chi connectivity index (χ1n) is 9.87. The van der Waals surface area contributed by atoms with Crippen molar-refractivity contribution in [3.63, 3.8) is 0 Å². The Hall–Kier alpha value is -3.64. The van der Waals surface area contributed by atoms with Crippen LogP contribution in [-0.2, 0) is 13.0 Å². The Balaban J connectivity index is 1.99. The summed E-state index contributed by atoms with van der Waals surface area (Å²) in [6.45, 7) is 2.76. The Morgan fingerprint density at radius 1 is 1.07 bits per heavy atom. The quantitative estimate of drug-likeness (QED) is 0.456. The Bertz CT molecular complexity index is 1050. The molecule has 1 heterocycles. The summed E-state index contributed by atoms with van der Waals surface area (Å²) >= 11 is 0. The summed E-state index contributed by atoms with van der Waals surface area (Å²) in [6, 6.07) is 16.1. The number of nitrogens with zero attached hydrogens (tertiary/aromatic N) is 5. The lowest BCUT2D eigenvalue weighted by Gasteiger charge is -2.13. The summed E-state index contributed by atoms with van der Waals surface area (Å²) in [5, 5.41) is 27.7. The molecule has 0 saturated carbocycles. The van der Waals surface area contributed by atoms with Gasteiger partial charge in [-0.3, -0.25) is 0 Å². The largest absolute Gasteiger partial charge is 0.397 e. The molecule has 146 valence electrons. The zero-order valence-corrected chi connectivity index (χ0v) is 16.6. The van der Waals surface area contributed by atoms with E-state index in [4.69, 9.17) is 5.73 Å². The zero-order valence-electron chi connectivity index (χ0n) is 16.6. The van der Waals surface area contributed by atoms with Crippen LogP contribution in [0.4, 0.5) is 5.69 Å². The maximum atomic E-state index is 9.76. The second-order valence-electron chi connectivity index (χ2n) is 7.07. The molecule has 0 bridgehead atoms. The number of unbranched alkanes of at least 4 members (excludes halogenated alkanes) is 3. The molecule has 3 aromatic rings. The molecule has 1 aromatic heterocycles. The van der Waals surface area contributed by atoms with Gasteiger partial charge in [0.05, 0.1) is 29.6 Å². The van der Waals surface area contributed by atoms with E-state index in [0.29, 0.717) is 28.9 Å². The number of aromatic nitrogens is 3. The molecule has 6 nitrogen and oxygen atoms in total. The smallest absolute Gasteiger partial charge is 0.114 e. The highest BCUT2D eigenvalue weighted by atomic mass is 15.4. The van der Waals surface area contributed by atoms with Crippen LogP contribution in [0.5, 0.6) is 0 Å². The fraction of sp³-hybridized carbons (Fsp3) is 0.304. The number of rotatable bonds is 8. The molecule has 0 atom stereocenters. The molecule has 0 fully saturated rings. The molecule has 0 spiro atoms. The van der Waals surface area contributed by atoms with Gasteiger partial charge in [0.25, 0.3) is 0 Å². The summed E-state index contributed by atoms with van der Waals surface area (Å²) in [6.07, 6.45) is 7.00. The van der Waals surface area contributed by atoms with Crippen molar-refractivity contribution in [2.45, 2.75) is 45.6 Å². The number of anilines is 1. The van der Waals surface area contributed by atoms with Gasteiger partial charge in [-0.15, -0.1) is 5.10 Å². The number of hydrogen-bond acceptors (Lipinski definition) is 5. The van der Waals surface area contributed by atoms with Gasteiger partial charge < -0.3 is 5.73 Å². The van der Waals surface area contributed by atoms with E-state index in [1.54, 1.807) is 10.7 Å². The van der Waals surface area contributed by atoms with Crippen LogP contribution >= 0.6 is 0 Å². The van der Waals surface area contributed by atoms with Crippen molar-refractivity contribution in [2.24, 2.45) is 0 Å². The SMILES string of the molecule is CCCCCCc1cc(C#N)c(N)c(C#N)c1-c1cn(Cc2ccccc2)nn1. The summed E-state index contributed by atoms with van der Waals surface area (Å²) in [5.41, 5.74) is 10.3. The normalized spacial score (nSPS) is 10.4. The summed E-state index contributed by atoms with van der Waals surface area (Å²) < 4.78 is 1.75. The van der Waals surface area contributed by atoms with E-state index < -0.39 is 0 Å². The Kier molecular flexibility index (Phi) is 6.60. The molecule has 0 saturated heterocycles. The molecule has 2 aromatic carbocycles. The highest BCUT2D eigenvalue weighted by molar-refractivity contribution is 5.81. The minimum atomic E-state index is 0.208. The number of benzene rings is 2. The maximum absolute atomic E-state index is 9.76. The molecule has 0 aliphatic rings. The van der Waals surface area contributed by atoms with Crippen LogP contribution in [0, 0.1) is 22.7 Å².